The molecule has 15 heteroatoms. The fourth-order valence-corrected chi connectivity index (χ4v) is 2.76. The lowest BCUT2D eigenvalue weighted by Gasteiger charge is -2.31. The van der Waals surface area contributed by atoms with E-state index in [2.05, 4.69) is 11.3 Å². The highest BCUT2D eigenvalue weighted by molar-refractivity contribution is 7.87. The zero-order valence-corrected chi connectivity index (χ0v) is 18.2. The summed E-state index contributed by atoms with van der Waals surface area (Å²) in [4.78, 5) is 12.0. The summed E-state index contributed by atoms with van der Waals surface area (Å²) in [5, 5.41) is 3.82. The lowest BCUT2D eigenvalue weighted by molar-refractivity contribution is -0.262. The van der Waals surface area contributed by atoms with Gasteiger partial charge in [-0.25, -0.2) is 4.79 Å². The standard InChI is InChI=1S/C17H25F7O7S/c1-10(2)7-12(8-14(4,26)16(20,21)22)31-13(25)11(3)9-30-6-5-15(18,19)17(23,24)32(27,28)29/h10,12,26H,3,5-9H2,1-2,4H3,(H,27,28,29). The first kappa shape index (κ1) is 30.6. The molecule has 32 heavy (non-hydrogen) atoms. The van der Waals surface area contributed by atoms with Crippen LogP contribution in [0.4, 0.5) is 30.7 Å². The minimum Gasteiger partial charge on any atom is -0.459 e. The fourth-order valence-electron chi connectivity index (χ4n) is 2.28. The molecule has 0 rings (SSSR count). The molecule has 2 atom stereocenters. The van der Waals surface area contributed by atoms with Crippen molar-refractivity contribution in [3.8, 4) is 0 Å². The molecule has 0 aromatic rings. The van der Waals surface area contributed by atoms with Crippen LogP contribution < -0.4 is 0 Å². The molecule has 0 aliphatic rings. The number of alkyl halides is 7. The van der Waals surface area contributed by atoms with Gasteiger partial charge >= 0.3 is 33.4 Å². The van der Waals surface area contributed by atoms with E-state index in [1.807, 2.05) is 0 Å². The molecule has 7 nitrogen and oxygen atoms in total. The van der Waals surface area contributed by atoms with E-state index >= 15 is 0 Å². The second kappa shape index (κ2) is 10.7. The molecule has 0 bridgehead atoms. The summed E-state index contributed by atoms with van der Waals surface area (Å²) >= 11 is 0. The van der Waals surface area contributed by atoms with Gasteiger partial charge in [-0.1, -0.05) is 20.4 Å². The predicted octanol–water partition coefficient (Wildman–Crippen LogP) is 3.73. The first-order valence-corrected chi connectivity index (χ1v) is 10.5. The maximum atomic E-state index is 13.3. The summed E-state index contributed by atoms with van der Waals surface area (Å²) in [7, 11) is -6.41. The van der Waals surface area contributed by atoms with Crippen molar-refractivity contribution in [3.63, 3.8) is 0 Å². The van der Waals surface area contributed by atoms with Crippen molar-refractivity contribution >= 4 is 16.1 Å². The largest absolute Gasteiger partial charge is 0.459 e. The van der Waals surface area contributed by atoms with Crippen LogP contribution in [-0.2, 0) is 24.4 Å². The molecule has 0 aromatic heterocycles. The normalized spacial score (nSPS) is 16.5. The number of hydrogen-bond acceptors (Lipinski definition) is 6. The Morgan fingerprint density at radius 2 is 1.59 bits per heavy atom. The van der Waals surface area contributed by atoms with E-state index in [1.165, 1.54) is 0 Å². The summed E-state index contributed by atoms with van der Waals surface area (Å²) in [5.41, 5.74) is -3.73. The second-order valence-electron chi connectivity index (χ2n) is 7.74. The van der Waals surface area contributed by atoms with Gasteiger partial charge < -0.3 is 14.6 Å². The monoisotopic (exact) mass is 506 g/mol. The van der Waals surface area contributed by atoms with Gasteiger partial charge in [-0.15, -0.1) is 0 Å². The minimum atomic E-state index is -6.41. The van der Waals surface area contributed by atoms with E-state index in [9.17, 15) is 49.1 Å². The zero-order chi connectivity index (χ0) is 25.8. The molecule has 0 fully saturated rings. The third-order valence-corrected chi connectivity index (χ3v) is 5.07. The van der Waals surface area contributed by atoms with Crippen molar-refractivity contribution in [2.24, 2.45) is 5.92 Å². The summed E-state index contributed by atoms with van der Waals surface area (Å²) in [5.74, 6) is -6.72. The van der Waals surface area contributed by atoms with Crippen LogP contribution in [-0.4, -0.2) is 66.3 Å². The smallest absolute Gasteiger partial charge is 0.431 e. The minimum absolute atomic E-state index is 0.0664. The summed E-state index contributed by atoms with van der Waals surface area (Å²) in [6, 6.07) is 0. The van der Waals surface area contributed by atoms with Gasteiger partial charge in [0.2, 0.25) is 0 Å². The van der Waals surface area contributed by atoms with Crippen molar-refractivity contribution in [2.75, 3.05) is 13.2 Å². The van der Waals surface area contributed by atoms with E-state index < -0.39 is 76.8 Å². The van der Waals surface area contributed by atoms with Crippen LogP contribution >= 0.6 is 0 Å². The zero-order valence-electron chi connectivity index (χ0n) is 17.4. The van der Waals surface area contributed by atoms with Gasteiger partial charge in [0, 0.05) is 12.8 Å². The van der Waals surface area contributed by atoms with Crippen molar-refractivity contribution in [1.82, 2.24) is 0 Å². The van der Waals surface area contributed by atoms with Gasteiger partial charge in [0.25, 0.3) is 0 Å². The molecule has 0 aliphatic heterocycles. The molecule has 0 aliphatic carbocycles. The molecule has 0 heterocycles. The Morgan fingerprint density at radius 1 is 1.09 bits per heavy atom. The average Bonchev–Trinajstić information content (AvgIpc) is 2.55. The van der Waals surface area contributed by atoms with Gasteiger partial charge in [0.1, 0.15) is 6.10 Å². The fraction of sp³-hybridized carbons (Fsp3) is 0.824. The maximum Gasteiger partial charge on any atom is 0.431 e. The number of carbonyl (C=O) groups excluding carboxylic acids is 1. The van der Waals surface area contributed by atoms with E-state index in [1.54, 1.807) is 13.8 Å². The maximum absolute atomic E-state index is 13.3. The average molecular weight is 506 g/mol. The van der Waals surface area contributed by atoms with Crippen LogP contribution in [0.1, 0.15) is 40.0 Å². The number of ether oxygens (including phenoxy) is 2. The number of halogens is 7. The molecule has 0 saturated heterocycles. The number of rotatable bonds is 13. The number of aliphatic hydroxyl groups is 1. The van der Waals surface area contributed by atoms with Crippen molar-refractivity contribution in [1.29, 1.82) is 0 Å². The van der Waals surface area contributed by atoms with Crippen LogP contribution in [0, 0.1) is 5.92 Å². The Balaban J connectivity index is 4.91. The predicted molar refractivity (Wildman–Crippen MR) is 96.6 cm³/mol. The molecule has 2 unspecified atom stereocenters. The number of carbonyl (C=O) groups is 1. The lowest BCUT2D eigenvalue weighted by Crippen LogP contribution is -2.47. The lowest BCUT2D eigenvalue weighted by atomic mass is 9.93. The SMILES string of the molecule is C=C(COCCC(F)(F)C(F)(F)S(=O)(=O)O)C(=O)OC(CC(C)C)CC(C)(O)C(F)(F)F. The summed E-state index contributed by atoms with van der Waals surface area (Å²) in [6.45, 7) is 4.88. The Hall–Kier alpha value is -1.45. The van der Waals surface area contributed by atoms with E-state index in [0.717, 1.165) is 0 Å². The highest BCUT2D eigenvalue weighted by atomic mass is 32.2. The first-order chi connectivity index (χ1) is 14.0. The summed E-state index contributed by atoms with van der Waals surface area (Å²) in [6.07, 6.45) is -9.32. The topological polar surface area (TPSA) is 110 Å². The van der Waals surface area contributed by atoms with E-state index in [0.29, 0.717) is 6.92 Å². The Bertz CT molecular complexity index is 762. The molecular weight excluding hydrogens is 481 g/mol. The van der Waals surface area contributed by atoms with Gasteiger partial charge in [-0.2, -0.15) is 39.2 Å². The highest BCUT2D eigenvalue weighted by Crippen LogP contribution is 2.40. The molecular formula is C17H25F7O7S. The molecule has 190 valence electrons. The molecule has 0 aromatic carbocycles. The van der Waals surface area contributed by atoms with Gasteiger partial charge in [-0.05, 0) is 19.3 Å². The third-order valence-electron chi connectivity index (χ3n) is 4.12. The molecule has 0 spiro atoms. The molecule has 0 saturated carbocycles. The van der Waals surface area contributed by atoms with E-state index in [-0.39, 0.29) is 12.3 Å². The van der Waals surface area contributed by atoms with Crippen molar-refractivity contribution < 1.29 is 63.1 Å². The Labute approximate surface area is 180 Å². The van der Waals surface area contributed by atoms with Crippen LogP contribution in [0.5, 0.6) is 0 Å². The van der Waals surface area contributed by atoms with Crippen LogP contribution in [0.3, 0.4) is 0 Å². The third kappa shape index (κ3) is 8.48. The van der Waals surface area contributed by atoms with Crippen LogP contribution in [0.2, 0.25) is 0 Å². The van der Waals surface area contributed by atoms with Gasteiger partial charge in [-0.3, -0.25) is 4.55 Å². The van der Waals surface area contributed by atoms with Crippen LogP contribution in [0.25, 0.3) is 0 Å². The Kier molecular flexibility index (Phi) is 10.2. The number of esters is 1. The van der Waals surface area contributed by atoms with Crippen molar-refractivity contribution in [2.45, 2.75) is 69.1 Å². The molecule has 0 amide bonds. The van der Waals surface area contributed by atoms with Gasteiger partial charge in [0.15, 0.2) is 5.60 Å². The first-order valence-electron chi connectivity index (χ1n) is 9.03. The highest BCUT2D eigenvalue weighted by Gasteiger charge is 2.65. The van der Waals surface area contributed by atoms with Crippen LogP contribution in [0.15, 0.2) is 12.2 Å². The second-order valence-corrected chi connectivity index (χ2v) is 9.20. The molecule has 0 radical (unpaired) electrons. The van der Waals surface area contributed by atoms with Gasteiger partial charge in [0.05, 0.1) is 18.8 Å². The quantitative estimate of drug-likeness (QED) is 0.129. The van der Waals surface area contributed by atoms with Crippen molar-refractivity contribution in [3.05, 3.63) is 12.2 Å². The van der Waals surface area contributed by atoms with E-state index in [4.69, 9.17) is 9.29 Å². The number of hydrogen-bond donors (Lipinski definition) is 2. The summed E-state index contributed by atoms with van der Waals surface area (Å²) < 4.78 is 130. The molecule has 2 N–H and O–H groups in total. The Morgan fingerprint density at radius 3 is 2.00 bits per heavy atom.